The van der Waals surface area contributed by atoms with Gasteiger partial charge in [0.2, 0.25) is 4.77 Å². The number of benzene rings is 1. The Morgan fingerprint density at radius 3 is 2.93 bits per heavy atom. The van der Waals surface area contributed by atoms with Crippen LogP contribution in [0.3, 0.4) is 0 Å². The van der Waals surface area contributed by atoms with E-state index in [1.807, 2.05) is 0 Å². The van der Waals surface area contributed by atoms with Crippen LogP contribution in [0.4, 0.5) is 4.39 Å². The van der Waals surface area contributed by atoms with Crippen molar-refractivity contribution in [3.8, 4) is 11.8 Å². The molecule has 0 bridgehead atoms. The molecule has 0 spiro atoms. The van der Waals surface area contributed by atoms with Gasteiger partial charge in [0.15, 0.2) is 0 Å². The average Bonchev–Trinajstić information content (AvgIpc) is 2.65. The zero-order valence-electron chi connectivity index (χ0n) is 7.31. The lowest BCUT2D eigenvalue weighted by atomic mass is 10.2. The molecule has 0 aliphatic heterocycles. The number of nitrogens with one attached hydrogen (secondary N) is 1. The summed E-state index contributed by atoms with van der Waals surface area (Å²) in [6.07, 6.45) is 0. The summed E-state index contributed by atoms with van der Waals surface area (Å²) in [5.74, 6) is -0.569. The van der Waals surface area contributed by atoms with Gasteiger partial charge in [0.25, 0.3) is 0 Å². The van der Waals surface area contributed by atoms with Gasteiger partial charge in [0.1, 0.15) is 11.9 Å². The quantitative estimate of drug-likeness (QED) is 0.737. The molecule has 0 saturated carbocycles. The number of rotatable bonds is 1. The zero-order chi connectivity index (χ0) is 10.8. The molecule has 0 radical (unpaired) electrons. The minimum atomic E-state index is -0.569. The number of aromatic nitrogens is 4. The fraction of sp³-hybridized carbons (Fsp3) is 0. The van der Waals surface area contributed by atoms with Crippen LogP contribution in [0, 0.1) is 21.9 Å². The predicted molar refractivity (Wildman–Crippen MR) is 51.2 cm³/mol. The number of tetrazole rings is 1. The Morgan fingerprint density at radius 1 is 1.53 bits per heavy atom. The molecule has 0 unspecified atom stereocenters. The molecule has 2 rings (SSSR count). The standard InChI is InChI=1S/C8H4FN5S/c9-7-2-1-6(3-5(7)4-10)14-8(15)11-12-13-14/h1-3H,(H,11,13,15). The van der Waals surface area contributed by atoms with Gasteiger partial charge in [-0.25, -0.2) is 9.07 Å². The van der Waals surface area contributed by atoms with Gasteiger partial charge < -0.3 is 0 Å². The van der Waals surface area contributed by atoms with Crippen LogP contribution in [0.25, 0.3) is 5.69 Å². The van der Waals surface area contributed by atoms with Crippen molar-refractivity contribution in [2.75, 3.05) is 0 Å². The summed E-state index contributed by atoms with van der Waals surface area (Å²) in [6, 6.07) is 5.78. The molecule has 5 nitrogen and oxygen atoms in total. The lowest BCUT2D eigenvalue weighted by molar-refractivity contribution is 0.622. The second kappa shape index (κ2) is 3.59. The van der Waals surface area contributed by atoms with Crippen molar-refractivity contribution in [2.45, 2.75) is 0 Å². The van der Waals surface area contributed by atoms with Gasteiger partial charge >= 0.3 is 0 Å². The molecule has 1 N–H and O–H groups in total. The first-order chi connectivity index (χ1) is 7.22. The van der Waals surface area contributed by atoms with Gasteiger partial charge in [-0.2, -0.15) is 10.5 Å². The van der Waals surface area contributed by atoms with Crippen LogP contribution >= 0.6 is 12.2 Å². The Morgan fingerprint density at radius 2 is 2.33 bits per heavy atom. The number of hydrogen-bond donors (Lipinski definition) is 1. The van der Waals surface area contributed by atoms with Crippen molar-refractivity contribution < 1.29 is 4.39 Å². The van der Waals surface area contributed by atoms with Crippen LogP contribution in [0.15, 0.2) is 18.2 Å². The number of halogens is 1. The second-order valence-corrected chi connectivity index (χ2v) is 3.06. The number of nitriles is 1. The van der Waals surface area contributed by atoms with Gasteiger partial charge in [0, 0.05) is 0 Å². The minimum Gasteiger partial charge on any atom is -0.210 e. The fourth-order valence-electron chi connectivity index (χ4n) is 1.10. The van der Waals surface area contributed by atoms with E-state index in [1.54, 1.807) is 6.07 Å². The molecular weight excluding hydrogens is 217 g/mol. The first-order valence-corrected chi connectivity index (χ1v) is 4.33. The summed E-state index contributed by atoms with van der Waals surface area (Å²) in [4.78, 5) is 0. The van der Waals surface area contributed by atoms with E-state index in [4.69, 9.17) is 17.5 Å². The number of hydrogen-bond acceptors (Lipinski definition) is 4. The summed E-state index contributed by atoms with van der Waals surface area (Å²) in [6.45, 7) is 0. The monoisotopic (exact) mass is 221 g/mol. The highest BCUT2D eigenvalue weighted by Crippen LogP contribution is 2.12. The molecule has 1 aromatic heterocycles. The summed E-state index contributed by atoms with van der Waals surface area (Å²) in [5, 5.41) is 18.2. The minimum absolute atomic E-state index is 0.0519. The first-order valence-electron chi connectivity index (χ1n) is 3.92. The molecule has 7 heteroatoms. The van der Waals surface area contributed by atoms with E-state index in [2.05, 4.69) is 15.5 Å². The van der Waals surface area contributed by atoms with Crippen molar-refractivity contribution in [3.05, 3.63) is 34.4 Å². The molecule has 74 valence electrons. The first kappa shape index (κ1) is 9.48. The van der Waals surface area contributed by atoms with Crippen molar-refractivity contribution in [2.24, 2.45) is 0 Å². The van der Waals surface area contributed by atoms with Crippen LogP contribution in [-0.4, -0.2) is 20.2 Å². The number of aromatic amines is 1. The molecule has 2 aromatic rings. The van der Waals surface area contributed by atoms with Gasteiger partial charge in [-0.15, -0.1) is 0 Å². The van der Waals surface area contributed by atoms with Crippen LogP contribution in [0.2, 0.25) is 0 Å². The van der Waals surface area contributed by atoms with Crippen molar-refractivity contribution in [1.82, 2.24) is 20.2 Å². The van der Waals surface area contributed by atoms with E-state index in [0.29, 0.717) is 5.69 Å². The lowest BCUT2D eigenvalue weighted by Gasteiger charge is -2.00. The highest BCUT2D eigenvalue weighted by Gasteiger charge is 2.05. The summed E-state index contributed by atoms with van der Waals surface area (Å²) in [5.41, 5.74) is 0.465. The molecule has 1 aromatic carbocycles. The summed E-state index contributed by atoms with van der Waals surface area (Å²) in [7, 11) is 0. The van der Waals surface area contributed by atoms with Crippen molar-refractivity contribution >= 4 is 12.2 Å². The smallest absolute Gasteiger partial charge is 0.210 e. The normalized spacial score (nSPS) is 9.87. The molecule has 0 fully saturated rings. The fourth-order valence-corrected chi connectivity index (χ4v) is 1.29. The topological polar surface area (TPSA) is 70.3 Å². The number of nitrogens with zero attached hydrogens (tertiary/aromatic N) is 4. The molecule has 0 aliphatic rings. The SMILES string of the molecule is N#Cc1cc(-n2[nH]nnc2=S)ccc1F. The molecule has 0 atom stereocenters. The van der Waals surface area contributed by atoms with E-state index in [0.717, 1.165) is 0 Å². The highest BCUT2D eigenvalue weighted by molar-refractivity contribution is 7.71. The maximum Gasteiger partial charge on any atom is 0.242 e. The van der Waals surface area contributed by atoms with Crippen LogP contribution in [0.5, 0.6) is 0 Å². The van der Waals surface area contributed by atoms with Crippen LogP contribution < -0.4 is 0 Å². The molecular formula is C8H4FN5S. The van der Waals surface area contributed by atoms with E-state index >= 15 is 0 Å². The van der Waals surface area contributed by atoms with Crippen molar-refractivity contribution in [3.63, 3.8) is 0 Å². The Hall–Kier alpha value is -2.07. The maximum absolute atomic E-state index is 13.0. The predicted octanol–water partition coefficient (Wildman–Crippen LogP) is 1.34. The molecule has 0 amide bonds. The van der Waals surface area contributed by atoms with Crippen LogP contribution in [0.1, 0.15) is 5.56 Å². The zero-order valence-corrected chi connectivity index (χ0v) is 8.12. The van der Waals surface area contributed by atoms with Gasteiger partial charge in [-0.1, -0.05) is 10.3 Å². The van der Waals surface area contributed by atoms with E-state index in [-0.39, 0.29) is 10.3 Å². The second-order valence-electron chi connectivity index (χ2n) is 2.69. The van der Waals surface area contributed by atoms with E-state index in [9.17, 15) is 4.39 Å². The Kier molecular flexibility index (Phi) is 2.27. The van der Waals surface area contributed by atoms with E-state index < -0.39 is 5.82 Å². The Labute approximate surface area is 88.8 Å². The van der Waals surface area contributed by atoms with E-state index in [1.165, 1.54) is 22.9 Å². The highest BCUT2D eigenvalue weighted by atomic mass is 32.1. The summed E-state index contributed by atoms with van der Waals surface area (Å²) >= 11 is 4.86. The molecule has 0 saturated heterocycles. The molecule has 15 heavy (non-hydrogen) atoms. The lowest BCUT2D eigenvalue weighted by Crippen LogP contribution is -1.98. The average molecular weight is 221 g/mol. The summed E-state index contributed by atoms with van der Waals surface area (Å²) < 4.78 is 14.6. The largest absolute Gasteiger partial charge is 0.242 e. The molecule has 1 heterocycles. The molecule has 0 aliphatic carbocycles. The van der Waals surface area contributed by atoms with Gasteiger partial charge in [0.05, 0.1) is 11.3 Å². The third-order valence-electron chi connectivity index (χ3n) is 1.80. The maximum atomic E-state index is 13.0. The third-order valence-corrected chi connectivity index (χ3v) is 2.06. The third kappa shape index (κ3) is 1.62. The number of H-pyrrole nitrogens is 1. The van der Waals surface area contributed by atoms with Crippen LogP contribution in [-0.2, 0) is 0 Å². The Bertz CT molecular complexity index is 594. The van der Waals surface area contributed by atoms with Gasteiger partial charge in [-0.3, -0.25) is 0 Å². The van der Waals surface area contributed by atoms with Crippen molar-refractivity contribution in [1.29, 1.82) is 5.26 Å². The Balaban J connectivity index is 2.62. The van der Waals surface area contributed by atoms with Gasteiger partial charge in [-0.05, 0) is 30.4 Å².